The van der Waals surface area contributed by atoms with Crippen molar-refractivity contribution in [2.75, 3.05) is 25.4 Å². The molecule has 0 radical (unpaired) electrons. The molecule has 1 heterocycles. The summed E-state index contributed by atoms with van der Waals surface area (Å²) >= 11 is 0. The summed E-state index contributed by atoms with van der Waals surface area (Å²) in [4.78, 5) is 13.0. The van der Waals surface area contributed by atoms with Crippen LogP contribution in [0.25, 0.3) is 0 Å². The average molecular weight is 417 g/mol. The van der Waals surface area contributed by atoms with E-state index in [2.05, 4.69) is 0 Å². The minimum Gasteiger partial charge on any atom is -0.329 e. The van der Waals surface area contributed by atoms with Crippen LogP contribution in [0.3, 0.4) is 0 Å². The van der Waals surface area contributed by atoms with E-state index in [1.165, 1.54) is 28.6 Å². The average Bonchev–Trinajstić information content (AvgIpc) is 3.16. The number of amides is 1. The van der Waals surface area contributed by atoms with Crippen molar-refractivity contribution < 1.29 is 26.4 Å². The topological polar surface area (TPSA) is 81.5 Å². The highest BCUT2D eigenvalue weighted by molar-refractivity contribution is 7.89. The first-order valence-electron chi connectivity index (χ1n) is 8.92. The molecule has 1 aromatic rings. The van der Waals surface area contributed by atoms with E-state index >= 15 is 0 Å². The molecule has 0 aliphatic carbocycles. The van der Waals surface area contributed by atoms with Gasteiger partial charge >= 0.3 is 6.18 Å². The Morgan fingerprint density at radius 2 is 1.79 bits per heavy atom. The van der Waals surface area contributed by atoms with Crippen molar-refractivity contribution in [2.45, 2.75) is 38.4 Å². The van der Waals surface area contributed by atoms with E-state index in [0.29, 0.717) is 29.1 Å². The minimum atomic E-state index is -4.57. The Labute approximate surface area is 162 Å². The fourth-order valence-electron chi connectivity index (χ4n) is 3.01. The zero-order chi connectivity index (χ0) is 20.8. The van der Waals surface area contributed by atoms with Crippen LogP contribution < -0.4 is 0 Å². The third-order valence-corrected chi connectivity index (χ3v) is 6.39. The summed E-state index contributed by atoms with van der Waals surface area (Å²) in [6, 6.07) is 7.83. The maximum atomic E-state index is 12.9. The number of hydrogen-bond donors (Lipinski definition) is 0. The maximum Gasteiger partial charge on any atom is 0.406 e. The number of benzene rings is 1. The molecule has 0 spiro atoms. The van der Waals surface area contributed by atoms with Crippen LogP contribution in [0.1, 0.15) is 36.8 Å². The lowest BCUT2D eigenvalue weighted by atomic mass is 10.1. The van der Waals surface area contributed by atoms with Crippen LogP contribution in [0.5, 0.6) is 0 Å². The fraction of sp³-hybridized carbons (Fsp3) is 0.556. The Bertz CT molecular complexity index is 811. The molecule has 6 nitrogen and oxygen atoms in total. The molecule has 0 bridgehead atoms. The zero-order valence-electron chi connectivity index (χ0n) is 15.3. The Kier molecular flexibility index (Phi) is 7.43. The summed E-state index contributed by atoms with van der Waals surface area (Å²) in [5.41, 5.74) is 0.825. The first-order chi connectivity index (χ1) is 13.1. The molecule has 154 valence electrons. The van der Waals surface area contributed by atoms with Crippen LogP contribution in [-0.4, -0.2) is 55.1 Å². The van der Waals surface area contributed by atoms with Gasteiger partial charge in [0.05, 0.1) is 17.4 Å². The first kappa shape index (κ1) is 22.2. The quantitative estimate of drug-likeness (QED) is 0.651. The molecule has 0 atom stereocenters. The van der Waals surface area contributed by atoms with Gasteiger partial charge in [0.1, 0.15) is 6.54 Å². The van der Waals surface area contributed by atoms with E-state index in [1.807, 2.05) is 6.07 Å². The van der Waals surface area contributed by atoms with Crippen LogP contribution in [-0.2, 0) is 21.4 Å². The molecule has 28 heavy (non-hydrogen) atoms. The molecule has 2 rings (SSSR count). The van der Waals surface area contributed by atoms with Gasteiger partial charge in [-0.05, 0) is 37.0 Å². The standard InChI is InChI=1S/C18H22F3N3O3S/c19-18(20,21)14-23(13-16-7-5-15(12-22)6-8-16)17(25)4-3-11-28(26,27)24-9-1-2-10-24/h5-8H,1-4,9-11,13-14H2. The van der Waals surface area contributed by atoms with Crippen molar-refractivity contribution in [2.24, 2.45) is 0 Å². The summed E-state index contributed by atoms with van der Waals surface area (Å²) in [5.74, 6) is -1.01. The van der Waals surface area contributed by atoms with Crippen LogP contribution >= 0.6 is 0 Å². The summed E-state index contributed by atoms with van der Waals surface area (Å²) in [7, 11) is -3.47. The monoisotopic (exact) mass is 417 g/mol. The fourth-order valence-corrected chi connectivity index (χ4v) is 4.59. The largest absolute Gasteiger partial charge is 0.406 e. The van der Waals surface area contributed by atoms with Gasteiger partial charge in [0.15, 0.2) is 0 Å². The van der Waals surface area contributed by atoms with Gasteiger partial charge < -0.3 is 4.90 Å². The second kappa shape index (κ2) is 9.39. The highest BCUT2D eigenvalue weighted by Gasteiger charge is 2.33. The van der Waals surface area contributed by atoms with E-state index in [0.717, 1.165) is 12.8 Å². The van der Waals surface area contributed by atoms with Crippen LogP contribution in [0.15, 0.2) is 24.3 Å². The molecule has 1 amide bonds. The Morgan fingerprint density at radius 3 is 2.32 bits per heavy atom. The van der Waals surface area contributed by atoms with E-state index in [-0.39, 0.29) is 25.1 Å². The highest BCUT2D eigenvalue weighted by Crippen LogP contribution is 2.20. The van der Waals surface area contributed by atoms with Crippen molar-refractivity contribution in [1.82, 2.24) is 9.21 Å². The van der Waals surface area contributed by atoms with Gasteiger partial charge in [-0.15, -0.1) is 0 Å². The number of hydrogen-bond acceptors (Lipinski definition) is 4. The molecule has 10 heteroatoms. The highest BCUT2D eigenvalue weighted by atomic mass is 32.2. The van der Waals surface area contributed by atoms with Crippen molar-refractivity contribution in [1.29, 1.82) is 5.26 Å². The molecular formula is C18H22F3N3O3S. The number of nitrogens with zero attached hydrogens (tertiary/aromatic N) is 3. The second-order valence-electron chi connectivity index (χ2n) is 6.70. The van der Waals surface area contributed by atoms with Crippen LogP contribution in [0.2, 0.25) is 0 Å². The van der Waals surface area contributed by atoms with Gasteiger partial charge in [0.2, 0.25) is 15.9 Å². The van der Waals surface area contributed by atoms with Crippen molar-refractivity contribution >= 4 is 15.9 Å². The van der Waals surface area contributed by atoms with E-state index in [9.17, 15) is 26.4 Å². The van der Waals surface area contributed by atoms with Crippen molar-refractivity contribution in [3.63, 3.8) is 0 Å². The van der Waals surface area contributed by atoms with Gasteiger partial charge in [-0.3, -0.25) is 4.79 Å². The lowest BCUT2D eigenvalue weighted by Gasteiger charge is -2.24. The van der Waals surface area contributed by atoms with Crippen LogP contribution in [0.4, 0.5) is 13.2 Å². The molecule has 1 saturated heterocycles. The Hall–Kier alpha value is -2.12. The predicted molar refractivity (Wildman–Crippen MR) is 96.5 cm³/mol. The third kappa shape index (κ3) is 6.80. The molecule has 1 aliphatic rings. The number of halogens is 3. The van der Waals surface area contributed by atoms with Crippen LogP contribution in [0, 0.1) is 11.3 Å². The van der Waals surface area contributed by atoms with Crippen molar-refractivity contribution in [3.8, 4) is 6.07 Å². The van der Waals surface area contributed by atoms with Gasteiger partial charge in [0.25, 0.3) is 0 Å². The Morgan fingerprint density at radius 1 is 1.18 bits per heavy atom. The summed E-state index contributed by atoms with van der Waals surface area (Å²) in [5, 5.41) is 8.78. The first-order valence-corrected chi connectivity index (χ1v) is 10.5. The summed E-state index contributed by atoms with van der Waals surface area (Å²) < 4.78 is 64.3. The zero-order valence-corrected chi connectivity index (χ0v) is 16.1. The lowest BCUT2D eigenvalue weighted by molar-refractivity contribution is -0.162. The Balaban J connectivity index is 1.97. The van der Waals surface area contributed by atoms with E-state index in [1.54, 1.807) is 0 Å². The van der Waals surface area contributed by atoms with Crippen molar-refractivity contribution in [3.05, 3.63) is 35.4 Å². The minimum absolute atomic E-state index is 0.0284. The lowest BCUT2D eigenvalue weighted by Crippen LogP contribution is -2.38. The molecular weight excluding hydrogens is 395 g/mol. The van der Waals surface area contributed by atoms with E-state index in [4.69, 9.17) is 5.26 Å². The molecule has 0 saturated carbocycles. The molecule has 0 unspecified atom stereocenters. The third-order valence-electron chi connectivity index (χ3n) is 4.43. The maximum absolute atomic E-state index is 12.9. The predicted octanol–water partition coefficient (Wildman–Crippen LogP) is 2.65. The second-order valence-corrected chi connectivity index (χ2v) is 8.79. The van der Waals surface area contributed by atoms with E-state index < -0.39 is 28.7 Å². The number of carbonyl (C=O) groups is 1. The molecule has 1 fully saturated rings. The van der Waals surface area contributed by atoms with Gasteiger partial charge in [-0.25, -0.2) is 12.7 Å². The summed E-state index contributed by atoms with van der Waals surface area (Å²) in [6.07, 6.45) is -3.28. The molecule has 1 aromatic carbocycles. The SMILES string of the molecule is N#Cc1ccc(CN(CC(F)(F)F)C(=O)CCCS(=O)(=O)N2CCCC2)cc1. The number of rotatable bonds is 8. The smallest absolute Gasteiger partial charge is 0.329 e. The molecule has 0 aromatic heterocycles. The molecule has 0 N–H and O–H groups in total. The van der Waals surface area contributed by atoms with Gasteiger partial charge in [-0.1, -0.05) is 12.1 Å². The van der Waals surface area contributed by atoms with Gasteiger partial charge in [0, 0.05) is 26.1 Å². The van der Waals surface area contributed by atoms with Gasteiger partial charge in [-0.2, -0.15) is 18.4 Å². The number of nitriles is 1. The normalized spacial score (nSPS) is 15.4. The number of carbonyl (C=O) groups excluding carboxylic acids is 1. The molecule has 1 aliphatic heterocycles. The summed E-state index contributed by atoms with van der Waals surface area (Å²) in [6.45, 7) is -0.766. The number of sulfonamides is 1. The number of alkyl halides is 3.